The van der Waals surface area contributed by atoms with Crippen LogP contribution in [0.2, 0.25) is 0 Å². The van der Waals surface area contributed by atoms with E-state index in [1.54, 1.807) is 13.1 Å². The average Bonchev–Trinajstić information content (AvgIpc) is 3.53. The van der Waals surface area contributed by atoms with Gasteiger partial charge >= 0.3 is 5.97 Å². The summed E-state index contributed by atoms with van der Waals surface area (Å²) in [4.78, 5) is 67.2. The lowest BCUT2D eigenvalue weighted by molar-refractivity contribution is -0.146. The molecule has 0 bridgehead atoms. The average molecular weight is 529 g/mol. The SMILES string of the molecule is CCC(C)C(NC(=O)C1CCCN1C(=O)C(Cc1c[nH]c2ccccc12)NC(=O)C(N)CC(N)=O)C(=O)O. The molecule has 5 atom stereocenters. The smallest absolute Gasteiger partial charge is 0.326 e. The summed E-state index contributed by atoms with van der Waals surface area (Å²) in [5.41, 5.74) is 12.6. The van der Waals surface area contributed by atoms with Crippen LogP contribution in [0.4, 0.5) is 0 Å². The van der Waals surface area contributed by atoms with Crippen molar-refractivity contribution in [1.29, 1.82) is 0 Å². The third-order valence-electron chi connectivity index (χ3n) is 7.09. The number of nitrogens with one attached hydrogen (secondary N) is 3. The fourth-order valence-corrected chi connectivity index (χ4v) is 4.74. The fraction of sp³-hybridized carbons (Fsp3) is 0.500. The number of benzene rings is 1. The number of carboxylic acids is 1. The van der Waals surface area contributed by atoms with Crippen LogP contribution in [0.3, 0.4) is 0 Å². The molecule has 38 heavy (non-hydrogen) atoms. The molecule has 3 rings (SSSR count). The van der Waals surface area contributed by atoms with Crippen molar-refractivity contribution in [3.63, 3.8) is 0 Å². The van der Waals surface area contributed by atoms with E-state index >= 15 is 0 Å². The number of H-pyrrole nitrogens is 1. The van der Waals surface area contributed by atoms with E-state index in [1.165, 1.54) is 4.90 Å². The molecule has 12 nitrogen and oxygen atoms in total. The number of hydrogen-bond donors (Lipinski definition) is 6. The molecule has 1 aromatic carbocycles. The lowest BCUT2D eigenvalue weighted by atomic mass is 9.98. The van der Waals surface area contributed by atoms with Crippen LogP contribution in [0.1, 0.15) is 45.1 Å². The van der Waals surface area contributed by atoms with E-state index in [4.69, 9.17) is 11.5 Å². The molecule has 206 valence electrons. The molecule has 8 N–H and O–H groups in total. The van der Waals surface area contributed by atoms with Crippen LogP contribution in [0.25, 0.3) is 10.9 Å². The standard InChI is InChI=1S/C26H36N6O6/c1-3-14(2)22(26(37)38)31-24(35)20-9-6-10-32(20)25(36)19(30-23(34)17(27)12-21(28)33)11-15-13-29-18-8-5-4-7-16(15)18/h4-5,7-8,13-14,17,19-20,22,29H,3,6,9-12,27H2,1-2H3,(H2,28,33)(H,30,34)(H,31,35)(H,37,38). The summed E-state index contributed by atoms with van der Waals surface area (Å²) >= 11 is 0. The number of fused-ring (bicyclic) bond motifs is 1. The second-order valence-corrected chi connectivity index (χ2v) is 9.80. The molecule has 5 unspecified atom stereocenters. The molecule has 2 heterocycles. The third kappa shape index (κ3) is 6.68. The zero-order valence-corrected chi connectivity index (χ0v) is 21.6. The highest BCUT2D eigenvalue weighted by molar-refractivity contribution is 5.96. The Bertz CT molecular complexity index is 1200. The Kier molecular flexibility index (Phi) is 9.45. The van der Waals surface area contributed by atoms with E-state index in [1.807, 2.05) is 31.2 Å². The lowest BCUT2D eigenvalue weighted by Crippen LogP contribution is -2.58. The van der Waals surface area contributed by atoms with E-state index in [-0.39, 0.29) is 25.3 Å². The number of carboxylic acid groups (broad SMARTS) is 1. The van der Waals surface area contributed by atoms with Crippen LogP contribution < -0.4 is 22.1 Å². The quantitative estimate of drug-likeness (QED) is 0.222. The van der Waals surface area contributed by atoms with Gasteiger partial charge in [0.05, 0.1) is 12.5 Å². The molecule has 1 fully saturated rings. The topological polar surface area (TPSA) is 201 Å². The molecule has 0 radical (unpaired) electrons. The van der Waals surface area contributed by atoms with Crippen LogP contribution >= 0.6 is 0 Å². The molecular weight excluding hydrogens is 492 g/mol. The minimum absolute atomic E-state index is 0.105. The number of para-hydroxylation sites is 1. The van der Waals surface area contributed by atoms with Crippen molar-refractivity contribution in [2.75, 3.05) is 6.54 Å². The number of aliphatic carboxylic acids is 1. The molecule has 4 amide bonds. The molecule has 1 aromatic heterocycles. The molecule has 0 saturated carbocycles. The summed E-state index contributed by atoms with van der Waals surface area (Å²) in [6.07, 6.45) is 2.92. The van der Waals surface area contributed by atoms with E-state index in [0.717, 1.165) is 16.5 Å². The predicted molar refractivity (Wildman–Crippen MR) is 139 cm³/mol. The van der Waals surface area contributed by atoms with Gasteiger partial charge in [0.2, 0.25) is 23.6 Å². The first-order chi connectivity index (χ1) is 18.0. The summed E-state index contributed by atoms with van der Waals surface area (Å²) in [6.45, 7) is 3.84. The molecule has 1 aliphatic heterocycles. The zero-order chi connectivity index (χ0) is 28.0. The highest BCUT2D eigenvalue weighted by Crippen LogP contribution is 2.23. The minimum atomic E-state index is -1.24. The number of amides is 4. The number of aromatic amines is 1. The second kappa shape index (κ2) is 12.5. The molecule has 0 aliphatic carbocycles. The molecule has 1 aliphatic rings. The highest BCUT2D eigenvalue weighted by Gasteiger charge is 2.40. The van der Waals surface area contributed by atoms with Gasteiger partial charge < -0.3 is 37.1 Å². The molecule has 1 saturated heterocycles. The minimum Gasteiger partial charge on any atom is -0.480 e. The highest BCUT2D eigenvalue weighted by atomic mass is 16.4. The summed E-state index contributed by atoms with van der Waals surface area (Å²) in [7, 11) is 0. The van der Waals surface area contributed by atoms with Gasteiger partial charge in [0, 0.05) is 30.1 Å². The van der Waals surface area contributed by atoms with Gasteiger partial charge in [0.25, 0.3) is 0 Å². The number of carbonyl (C=O) groups excluding carboxylic acids is 4. The zero-order valence-electron chi connectivity index (χ0n) is 21.6. The number of rotatable bonds is 12. The lowest BCUT2D eigenvalue weighted by Gasteiger charge is -2.30. The van der Waals surface area contributed by atoms with Crippen molar-refractivity contribution >= 4 is 40.5 Å². The van der Waals surface area contributed by atoms with Gasteiger partial charge in [-0.25, -0.2) is 4.79 Å². The molecule has 2 aromatic rings. The largest absolute Gasteiger partial charge is 0.480 e. The Balaban J connectivity index is 1.85. The van der Waals surface area contributed by atoms with Crippen LogP contribution in [-0.4, -0.2) is 75.3 Å². The number of hydrogen-bond acceptors (Lipinski definition) is 6. The van der Waals surface area contributed by atoms with Gasteiger partial charge in [-0.15, -0.1) is 0 Å². The Labute approximate surface area is 220 Å². The normalized spacial score (nSPS) is 18.4. The predicted octanol–water partition coefficient (Wildman–Crippen LogP) is 0.00440. The number of primary amides is 1. The molecule has 12 heteroatoms. The van der Waals surface area contributed by atoms with Crippen LogP contribution in [0.5, 0.6) is 0 Å². The Morgan fingerprint density at radius 3 is 2.55 bits per heavy atom. The first-order valence-electron chi connectivity index (χ1n) is 12.8. The number of likely N-dealkylation sites (tertiary alicyclic amines) is 1. The second-order valence-electron chi connectivity index (χ2n) is 9.80. The fourth-order valence-electron chi connectivity index (χ4n) is 4.74. The third-order valence-corrected chi connectivity index (χ3v) is 7.09. The van der Waals surface area contributed by atoms with Crippen LogP contribution in [0.15, 0.2) is 30.5 Å². The maximum Gasteiger partial charge on any atom is 0.326 e. The summed E-state index contributed by atoms with van der Waals surface area (Å²) < 4.78 is 0. The van der Waals surface area contributed by atoms with Gasteiger partial charge in [-0.1, -0.05) is 38.5 Å². The van der Waals surface area contributed by atoms with Gasteiger partial charge in [-0.2, -0.15) is 0 Å². The van der Waals surface area contributed by atoms with Crippen molar-refractivity contribution in [2.45, 2.75) is 70.1 Å². The van der Waals surface area contributed by atoms with Crippen molar-refractivity contribution < 1.29 is 29.1 Å². The summed E-state index contributed by atoms with van der Waals surface area (Å²) in [6, 6.07) is 3.20. The Morgan fingerprint density at radius 2 is 1.89 bits per heavy atom. The van der Waals surface area contributed by atoms with Crippen molar-refractivity contribution in [3.8, 4) is 0 Å². The van der Waals surface area contributed by atoms with Crippen molar-refractivity contribution in [1.82, 2.24) is 20.5 Å². The maximum atomic E-state index is 13.8. The van der Waals surface area contributed by atoms with Crippen LogP contribution in [0, 0.1) is 5.92 Å². The summed E-state index contributed by atoms with van der Waals surface area (Å²) in [5, 5.41) is 15.7. The van der Waals surface area contributed by atoms with Gasteiger partial charge in [0.1, 0.15) is 18.1 Å². The van der Waals surface area contributed by atoms with Crippen LogP contribution in [-0.2, 0) is 30.4 Å². The molecular formula is C26H36N6O6. The van der Waals surface area contributed by atoms with Crippen molar-refractivity contribution in [2.24, 2.45) is 17.4 Å². The summed E-state index contributed by atoms with van der Waals surface area (Å²) in [5.74, 6) is -3.96. The van der Waals surface area contributed by atoms with Gasteiger partial charge in [-0.05, 0) is 30.4 Å². The van der Waals surface area contributed by atoms with Crippen molar-refractivity contribution in [3.05, 3.63) is 36.0 Å². The first-order valence-corrected chi connectivity index (χ1v) is 12.8. The first kappa shape index (κ1) is 28.6. The number of nitrogens with zero attached hydrogens (tertiary/aromatic N) is 1. The van der Waals surface area contributed by atoms with E-state index in [9.17, 15) is 29.1 Å². The monoisotopic (exact) mass is 528 g/mol. The van der Waals surface area contributed by atoms with E-state index in [0.29, 0.717) is 19.3 Å². The number of carbonyl (C=O) groups is 5. The van der Waals surface area contributed by atoms with E-state index < -0.39 is 53.8 Å². The molecule has 0 spiro atoms. The Morgan fingerprint density at radius 1 is 1.18 bits per heavy atom. The van der Waals surface area contributed by atoms with Gasteiger partial charge in [0.15, 0.2) is 0 Å². The number of nitrogens with two attached hydrogens (primary N) is 2. The Hall–Kier alpha value is -3.93. The maximum absolute atomic E-state index is 13.8. The number of aromatic nitrogens is 1. The van der Waals surface area contributed by atoms with Gasteiger partial charge in [-0.3, -0.25) is 19.2 Å². The van der Waals surface area contributed by atoms with E-state index in [2.05, 4.69) is 15.6 Å².